The number of hydrogen-bond acceptors (Lipinski definition) is 1. The molecule has 0 heterocycles. The third kappa shape index (κ3) is 2.78. The van der Waals surface area contributed by atoms with Crippen LogP contribution in [0.25, 0.3) is 0 Å². The Kier molecular flexibility index (Phi) is 3.37. The van der Waals surface area contributed by atoms with Gasteiger partial charge in [0, 0.05) is 12.1 Å². The van der Waals surface area contributed by atoms with E-state index in [4.69, 9.17) is 0 Å². The second-order valence-corrected chi connectivity index (χ2v) is 4.42. The Morgan fingerprint density at radius 2 is 1.80 bits per heavy atom. The van der Waals surface area contributed by atoms with Gasteiger partial charge in [0.25, 0.3) is 0 Å². The largest absolute Gasteiger partial charge is 0.307 e. The Balaban J connectivity index is 1.94. The van der Waals surface area contributed by atoms with Gasteiger partial charge in [0.2, 0.25) is 0 Å². The first-order valence-electron chi connectivity index (χ1n) is 5.77. The monoisotopic (exact) mass is 207 g/mol. The van der Waals surface area contributed by atoms with Crippen molar-refractivity contribution in [1.29, 1.82) is 0 Å². The number of hydrogen-bond donors (Lipinski definition) is 1. The fourth-order valence-corrected chi connectivity index (χ4v) is 2.29. The van der Waals surface area contributed by atoms with Crippen LogP contribution in [-0.2, 0) is 0 Å². The van der Waals surface area contributed by atoms with Gasteiger partial charge in [-0.3, -0.25) is 0 Å². The zero-order chi connectivity index (χ0) is 10.7. The fourth-order valence-electron chi connectivity index (χ4n) is 2.29. The minimum Gasteiger partial charge on any atom is -0.307 e. The number of halogens is 1. The second-order valence-electron chi connectivity index (χ2n) is 4.42. The van der Waals surface area contributed by atoms with Gasteiger partial charge in [-0.25, -0.2) is 4.39 Å². The fraction of sp³-hybridized carbons (Fsp3) is 0.538. The molecular formula is C13H18FN. The highest BCUT2D eigenvalue weighted by Gasteiger charge is 2.17. The van der Waals surface area contributed by atoms with E-state index < -0.39 is 0 Å². The highest BCUT2D eigenvalue weighted by atomic mass is 19.1. The summed E-state index contributed by atoms with van der Waals surface area (Å²) in [6, 6.07) is 7.77. The maximum Gasteiger partial charge on any atom is 0.123 e. The lowest BCUT2D eigenvalue weighted by atomic mass is 10.1. The normalized spacial score (nSPS) is 19.3. The van der Waals surface area contributed by atoms with E-state index in [-0.39, 0.29) is 5.82 Å². The molecule has 1 saturated carbocycles. The summed E-state index contributed by atoms with van der Waals surface area (Å²) in [5.74, 6) is -0.160. The Morgan fingerprint density at radius 3 is 2.40 bits per heavy atom. The summed E-state index contributed by atoms with van der Waals surface area (Å²) in [4.78, 5) is 0. The van der Waals surface area contributed by atoms with E-state index in [9.17, 15) is 4.39 Å². The van der Waals surface area contributed by atoms with Crippen molar-refractivity contribution in [3.8, 4) is 0 Å². The predicted molar refractivity (Wildman–Crippen MR) is 60.2 cm³/mol. The topological polar surface area (TPSA) is 12.0 Å². The SMILES string of the molecule is C[C@@H](NC1CCCC1)c1ccc(F)cc1. The molecule has 2 rings (SSSR count). The first kappa shape index (κ1) is 10.6. The average Bonchev–Trinajstić information content (AvgIpc) is 2.71. The van der Waals surface area contributed by atoms with Crippen LogP contribution in [0.3, 0.4) is 0 Å². The molecule has 1 N–H and O–H groups in total. The highest BCUT2D eigenvalue weighted by molar-refractivity contribution is 5.19. The molecule has 0 radical (unpaired) electrons. The van der Waals surface area contributed by atoms with Crippen LogP contribution in [-0.4, -0.2) is 6.04 Å². The van der Waals surface area contributed by atoms with E-state index in [0.29, 0.717) is 12.1 Å². The quantitative estimate of drug-likeness (QED) is 0.800. The number of benzene rings is 1. The van der Waals surface area contributed by atoms with Crippen LogP contribution in [0.4, 0.5) is 4.39 Å². The lowest BCUT2D eigenvalue weighted by Crippen LogP contribution is -2.28. The molecular weight excluding hydrogens is 189 g/mol. The third-order valence-corrected chi connectivity index (χ3v) is 3.21. The molecule has 1 fully saturated rings. The van der Waals surface area contributed by atoms with E-state index in [2.05, 4.69) is 12.2 Å². The molecule has 0 amide bonds. The summed E-state index contributed by atoms with van der Waals surface area (Å²) in [6.45, 7) is 2.14. The van der Waals surface area contributed by atoms with E-state index in [1.807, 2.05) is 12.1 Å². The standard InChI is InChI=1S/C13H18FN/c1-10(15-13-4-2-3-5-13)11-6-8-12(14)9-7-11/h6-10,13,15H,2-5H2,1H3/t10-/m1/s1. The van der Waals surface area contributed by atoms with Gasteiger partial charge in [-0.2, -0.15) is 0 Å². The van der Waals surface area contributed by atoms with Gasteiger partial charge in [-0.15, -0.1) is 0 Å². The minimum atomic E-state index is -0.160. The van der Waals surface area contributed by atoms with E-state index in [0.717, 1.165) is 0 Å². The maximum absolute atomic E-state index is 12.7. The van der Waals surface area contributed by atoms with Gasteiger partial charge in [0.1, 0.15) is 5.82 Å². The lowest BCUT2D eigenvalue weighted by molar-refractivity contribution is 0.461. The van der Waals surface area contributed by atoms with Crippen LogP contribution in [0.2, 0.25) is 0 Å². The van der Waals surface area contributed by atoms with Crippen LogP contribution in [0, 0.1) is 5.82 Å². The summed E-state index contributed by atoms with van der Waals surface area (Å²) in [6.07, 6.45) is 5.25. The van der Waals surface area contributed by atoms with Crippen molar-refractivity contribution >= 4 is 0 Å². The van der Waals surface area contributed by atoms with Gasteiger partial charge in [-0.05, 0) is 37.5 Å². The zero-order valence-electron chi connectivity index (χ0n) is 9.17. The number of nitrogens with one attached hydrogen (secondary N) is 1. The number of rotatable bonds is 3. The van der Waals surface area contributed by atoms with Gasteiger partial charge in [-0.1, -0.05) is 25.0 Å². The predicted octanol–water partition coefficient (Wildman–Crippen LogP) is 3.42. The molecule has 1 aliphatic rings. The second kappa shape index (κ2) is 4.75. The molecule has 2 heteroatoms. The van der Waals surface area contributed by atoms with Crippen LogP contribution in [0.15, 0.2) is 24.3 Å². The first-order chi connectivity index (χ1) is 7.25. The molecule has 15 heavy (non-hydrogen) atoms. The van der Waals surface area contributed by atoms with Crippen molar-refractivity contribution in [2.24, 2.45) is 0 Å². The summed E-state index contributed by atoms with van der Waals surface area (Å²) in [5.41, 5.74) is 1.17. The van der Waals surface area contributed by atoms with Crippen molar-refractivity contribution in [3.05, 3.63) is 35.6 Å². The Labute approximate surface area is 90.7 Å². The summed E-state index contributed by atoms with van der Waals surface area (Å²) >= 11 is 0. The van der Waals surface area contributed by atoms with Crippen LogP contribution < -0.4 is 5.32 Å². The molecule has 1 aliphatic carbocycles. The van der Waals surface area contributed by atoms with E-state index in [1.165, 1.54) is 43.4 Å². The molecule has 1 aromatic rings. The van der Waals surface area contributed by atoms with Crippen molar-refractivity contribution in [2.75, 3.05) is 0 Å². The van der Waals surface area contributed by atoms with Crippen molar-refractivity contribution in [3.63, 3.8) is 0 Å². The van der Waals surface area contributed by atoms with Crippen LogP contribution >= 0.6 is 0 Å². The molecule has 0 saturated heterocycles. The molecule has 0 aliphatic heterocycles. The molecule has 0 unspecified atom stereocenters. The van der Waals surface area contributed by atoms with Gasteiger partial charge in [0.15, 0.2) is 0 Å². The molecule has 1 atom stereocenters. The first-order valence-corrected chi connectivity index (χ1v) is 5.77. The van der Waals surface area contributed by atoms with Gasteiger partial charge >= 0.3 is 0 Å². The van der Waals surface area contributed by atoms with Crippen molar-refractivity contribution < 1.29 is 4.39 Å². The smallest absolute Gasteiger partial charge is 0.123 e. The third-order valence-electron chi connectivity index (χ3n) is 3.21. The Hall–Kier alpha value is -0.890. The summed E-state index contributed by atoms with van der Waals surface area (Å²) in [7, 11) is 0. The lowest BCUT2D eigenvalue weighted by Gasteiger charge is -2.19. The Morgan fingerprint density at radius 1 is 1.20 bits per heavy atom. The van der Waals surface area contributed by atoms with Crippen molar-refractivity contribution in [2.45, 2.75) is 44.7 Å². The van der Waals surface area contributed by atoms with Crippen LogP contribution in [0.1, 0.15) is 44.2 Å². The molecule has 0 bridgehead atoms. The van der Waals surface area contributed by atoms with E-state index in [1.54, 1.807) is 0 Å². The molecule has 82 valence electrons. The molecule has 0 spiro atoms. The maximum atomic E-state index is 12.7. The minimum absolute atomic E-state index is 0.160. The van der Waals surface area contributed by atoms with Gasteiger partial charge < -0.3 is 5.32 Å². The summed E-state index contributed by atoms with van der Waals surface area (Å²) in [5, 5.41) is 3.59. The molecule has 1 aromatic carbocycles. The molecule has 1 nitrogen and oxygen atoms in total. The van der Waals surface area contributed by atoms with E-state index >= 15 is 0 Å². The zero-order valence-corrected chi connectivity index (χ0v) is 9.17. The van der Waals surface area contributed by atoms with Gasteiger partial charge in [0.05, 0.1) is 0 Å². The van der Waals surface area contributed by atoms with Crippen LogP contribution in [0.5, 0.6) is 0 Å². The Bertz CT molecular complexity index is 301. The summed E-state index contributed by atoms with van der Waals surface area (Å²) < 4.78 is 12.7. The average molecular weight is 207 g/mol. The highest BCUT2D eigenvalue weighted by Crippen LogP contribution is 2.21. The molecule has 0 aromatic heterocycles. The van der Waals surface area contributed by atoms with Crippen molar-refractivity contribution in [1.82, 2.24) is 5.32 Å².